The number of anilines is 1. The molecule has 0 amide bonds. The van der Waals surface area contributed by atoms with Gasteiger partial charge in [0.05, 0.1) is 12.1 Å². The van der Waals surface area contributed by atoms with Crippen molar-refractivity contribution in [3.63, 3.8) is 0 Å². The monoisotopic (exact) mass is 286 g/mol. The zero-order chi connectivity index (χ0) is 14.9. The second-order valence-electron chi connectivity index (χ2n) is 5.59. The van der Waals surface area contributed by atoms with Gasteiger partial charge in [-0.15, -0.1) is 0 Å². The summed E-state index contributed by atoms with van der Waals surface area (Å²) in [5, 5.41) is 12.4. The highest BCUT2D eigenvalue weighted by Gasteiger charge is 2.17. The summed E-state index contributed by atoms with van der Waals surface area (Å²) in [4.78, 5) is 4.91. The number of nitrogens with one attached hydrogen (secondary N) is 1. The Bertz CT molecular complexity index is 432. The lowest BCUT2D eigenvalue weighted by Crippen LogP contribution is -2.47. The summed E-state index contributed by atoms with van der Waals surface area (Å²) in [5.41, 5.74) is 1.32. The molecule has 0 aromatic heterocycles. The van der Waals surface area contributed by atoms with Crippen LogP contribution in [0.3, 0.4) is 0 Å². The third kappa shape index (κ3) is 5.04. The van der Waals surface area contributed by atoms with E-state index in [2.05, 4.69) is 58.4 Å². The van der Waals surface area contributed by atoms with E-state index < -0.39 is 0 Å². The van der Waals surface area contributed by atoms with Crippen LogP contribution in [-0.4, -0.2) is 50.2 Å². The van der Waals surface area contributed by atoms with Gasteiger partial charge in [0, 0.05) is 38.4 Å². The van der Waals surface area contributed by atoms with Gasteiger partial charge in [0.15, 0.2) is 0 Å². The second-order valence-corrected chi connectivity index (χ2v) is 5.59. The maximum absolute atomic E-state index is 9.13. The Kier molecular flexibility index (Phi) is 6.52. The molecule has 4 heteroatoms. The van der Waals surface area contributed by atoms with Gasteiger partial charge in [-0.1, -0.05) is 25.1 Å². The molecule has 1 heterocycles. The van der Waals surface area contributed by atoms with E-state index >= 15 is 0 Å². The van der Waals surface area contributed by atoms with E-state index in [4.69, 9.17) is 5.26 Å². The lowest BCUT2D eigenvalue weighted by Gasteiger charge is -2.36. The number of hydrogen-bond donors (Lipinski definition) is 1. The van der Waals surface area contributed by atoms with Crippen LogP contribution in [0, 0.1) is 11.3 Å². The highest BCUT2D eigenvalue weighted by atomic mass is 15.3. The van der Waals surface area contributed by atoms with Crippen molar-refractivity contribution in [2.75, 3.05) is 44.2 Å². The van der Waals surface area contributed by atoms with Gasteiger partial charge in [0.2, 0.25) is 0 Å². The molecule has 1 aromatic carbocycles. The van der Waals surface area contributed by atoms with Gasteiger partial charge < -0.3 is 10.2 Å². The molecule has 1 aromatic rings. The van der Waals surface area contributed by atoms with Crippen LogP contribution in [0.4, 0.5) is 5.69 Å². The molecule has 0 bridgehead atoms. The van der Waals surface area contributed by atoms with E-state index in [0.717, 1.165) is 52.1 Å². The van der Waals surface area contributed by atoms with Gasteiger partial charge in [-0.25, -0.2) is 0 Å². The van der Waals surface area contributed by atoms with Gasteiger partial charge in [-0.05, 0) is 31.5 Å². The zero-order valence-corrected chi connectivity index (χ0v) is 13.0. The molecule has 1 unspecified atom stereocenters. The quantitative estimate of drug-likeness (QED) is 0.833. The molecule has 1 fully saturated rings. The fourth-order valence-corrected chi connectivity index (χ4v) is 2.71. The first-order valence-electron chi connectivity index (χ1n) is 7.99. The zero-order valence-electron chi connectivity index (χ0n) is 13.0. The Morgan fingerprint density at radius 2 is 1.90 bits per heavy atom. The summed E-state index contributed by atoms with van der Waals surface area (Å²) < 4.78 is 0. The highest BCUT2D eigenvalue weighted by Crippen LogP contribution is 2.15. The Balaban J connectivity index is 1.71. The second kappa shape index (κ2) is 8.66. The molecule has 0 saturated carbocycles. The number of benzene rings is 1. The number of nitrogens with zero attached hydrogens (tertiary/aromatic N) is 3. The fraction of sp³-hybridized carbons (Fsp3) is 0.588. The van der Waals surface area contributed by atoms with E-state index in [-0.39, 0.29) is 6.04 Å². The first-order chi connectivity index (χ1) is 10.3. The summed E-state index contributed by atoms with van der Waals surface area (Å²) in [6.45, 7) is 8.39. The molecule has 0 radical (unpaired) electrons. The van der Waals surface area contributed by atoms with Crippen molar-refractivity contribution in [3.8, 4) is 6.07 Å². The standard InChI is InChI=1S/C17H26N4/c1-2-9-19-16(15-18)8-10-20-11-13-21(14-12-20)17-6-4-3-5-7-17/h3-7,16,19H,2,8-14H2,1H3. The molecular weight excluding hydrogens is 260 g/mol. The third-order valence-electron chi connectivity index (χ3n) is 4.02. The van der Waals surface area contributed by atoms with Crippen molar-refractivity contribution >= 4 is 5.69 Å². The average Bonchev–Trinajstić information content (AvgIpc) is 2.56. The van der Waals surface area contributed by atoms with Crippen LogP contribution in [0.2, 0.25) is 0 Å². The number of para-hydroxylation sites is 1. The molecular formula is C17H26N4. The SMILES string of the molecule is CCCNC(C#N)CCN1CCN(c2ccccc2)CC1. The van der Waals surface area contributed by atoms with Crippen molar-refractivity contribution < 1.29 is 0 Å². The minimum absolute atomic E-state index is 0.00268. The molecule has 1 saturated heterocycles. The molecule has 4 nitrogen and oxygen atoms in total. The summed E-state index contributed by atoms with van der Waals surface area (Å²) in [6.07, 6.45) is 2.00. The van der Waals surface area contributed by atoms with E-state index in [1.54, 1.807) is 0 Å². The van der Waals surface area contributed by atoms with Crippen LogP contribution in [0.25, 0.3) is 0 Å². The maximum atomic E-state index is 9.13. The minimum atomic E-state index is -0.00268. The van der Waals surface area contributed by atoms with Crippen LogP contribution in [0.15, 0.2) is 30.3 Å². The van der Waals surface area contributed by atoms with Crippen LogP contribution in [-0.2, 0) is 0 Å². The number of hydrogen-bond acceptors (Lipinski definition) is 4. The summed E-state index contributed by atoms with van der Waals surface area (Å²) in [7, 11) is 0. The van der Waals surface area contributed by atoms with Gasteiger partial charge in [-0.3, -0.25) is 4.90 Å². The summed E-state index contributed by atoms with van der Waals surface area (Å²) >= 11 is 0. The molecule has 114 valence electrons. The van der Waals surface area contributed by atoms with Crippen LogP contribution in [0.5, 0.6) is 0 Å². The molecule has 2 rings (SSSR count). The lowest BCUT2D eigenvalue weighted by molar-refractivity contribution is 0.248. The van der Waals surface area contributed by atoms with Crippen molar-refractivity contribution in [1.29, 1.82) is 5.26 Å². The normalized spacial score (nSPS) is 17.4. The van der Waals surface area contributed by atoms with Gasteiger partial charge >= 0.3 is 0 Å². The predicted molar refractivity (Wildman–Crippen MR) is 87.4 cm³/mol. The third-order valence-corrected chi connectivity index (χ3v) is 4.02. The minimum Gasteiger partial charge on any atom is -0.369 e. The number of rotatable bonds is 7. The first-order valence-corrected chi connectivity index (χ1v) is 7.99. The van der Waals surface area contributed by atoms with E-state index in [1.165, 1.54) is 5.69 Å². The van der Waals surface area contributed by atoms with Gasteiger partial charge in [0.1, 0.15) is 0 Å². The molecule has 1 aliphatic rings. The van der Waals surface area contributed by atoms with Crippen LogP contribution in [0.1, 0.15) is 19.8 Å². The average molecular weight is 286 g/mol. The van der Waals surface area contributed by atoms with Crippen molar-refractivity contribution in [2.24, 2.45) is 0 Å². The van der Waals surface area contributed by atoms with Gasteiger partial charge in [-0.2, -0.15) is 5.26 Å². The lowest BCUT2D eigenvalue weighted by atomic mass is 10.2. The molecule has 0 aliphatic carbocycles. The molecule has 21 heavy (non-hydrogen) atoms. The number of nitriles is 1. The molecule has 1 aliphatic heterocycles. The first kappa shape index (κ1) is 15.8. The van der Waals surface area contributed by atoms with Crippen LogP contribution < -0.4 is 10.2 Å². The fourth-order valence-electron chi connectivity index (χ4n) is 2.71. The molecule has 1 atom stereocenters. The molecule has 0 spiro atoms. The van der Waals surface area contributed by atoms with E-state index in [1.807, 2.05) is 0 Å². The van der Waals surface area contributed by atoms with E-state index in [9.17, 15) is 0 Å². The Morgan fingerprint density at radius 3 is 2.52 bits per heavy atom. The highest BCUT2D eigenvalue weighted by molar-refractivity contribution is 5.46. The summed E-state index contributed by atoms with van der Waals surface area (Å²) in [5.74, 6) is 0. The Morgan fingerprint density at radius 1 is 1.19 bits per heavy atom. The van der Waals surface area contributed by atoms with E-state index in [0.29, 0.717) is 0 Å². The largest absolute Gasteiger partial charge is 0.369 e. The Hall–Kier alpha value is -1.57. The van der Waals surface area contributed by atoms with Crippen molar-refractivity contribution in [1.82, 2.24) is 10.2 Å². The van der Waals surface area contributed by atoms with Crippen LogP contribution >= 0.6 is 0 Å². The van der Waals surface area contributed by atoms with Crippen molar-refractivity contribution in [2.45, 2.75) is 25.8 Å². The Labute approximate surface area is 128 Å². The van der Waals surface area contributed by atoms with Gasteiger partial charge in [0.25, 0.3) is 0 Å². The smallest absolute Gasteiger partial charge is 0.0965 e. The van der Waals surface area contributed by atoms with Crippen molar-refractivity contribution in [3.05, 3.63) is 30.3 Å². The number of piperazine rings is 1. The predicted octanol–water partition coefficient (Wildman–Crippen LogP) is 2.09. The summed E-state index contributed by atoms with van der Waals surface area (Å²) in [6, 6.07) is 13.0. The topological polar surface area (TPSA) is 42.3 Å². The molecule has 1 N–H and O–H groups in total. The maximum Gasteiger partial charge on any atom is 0.0965 e.